The Hall–Kier alpha value is -3.08. The number of carbonyl (C=O) groups excluding carboxylic acids is 2. The molecule has 30 heavy (non-hydrogen) atoms. The van der Waals surface area contributed by atoms with Gasteiger partial charge in [0.05, 0.1) is 12.6 Å². The van der Waals surface area contributed by atoms with Gasteiger partial charge in [-0.05, 0) is 30.0 Å². The van der Waals surface area contributed by atoms with Crippen LogP contribution in [0.2, 0.25) is 0 Å². The van der Waals surface area contributed by atoms with E-state index in [1.807, 2.05) is 17.0 Å². The highest BCUT2D eigenvalue weighted by Gasteiger charge is 2.48. The van der Waals surface area contributed by atoms with E-state index in [-0.39, 0.29) is 24.4 Å². The van der Waals surface area contributed by atoms with Gasteiger partial charge in [0, 0.05) is 29.6 Å². The van der Waals surface area contributed by atoms with Crippen LogP contribution in [0.1, 0.15) is 42.3 Å². The van der Waals surface area contributed by atoms with E-state index in [9.17, 15) is 9.59 Å². The molecule has 3 heterocycles. The first-order valence-corrected chi connectivity index (χ1v) is 10.7. The van der Waals surface area contributed by atoms with E-state index in [2.05, 4.69) is 62.2 Å². The predicted molar refractivity (Wildman–Crippen MR) is 117 cm³/mol. The topological polar surface area (TPSA) is 56.4 Å². The molecule has 1 aromatic heterocycles. The molecule has 2 aliphatic rings. The number of H-pyrrole nitrogens is 1. The Bertz CT molecular complexity index is 1130. The highest BCUT2D eigenvalue weighted by atomic mass is 16.2. The maximum atomic E-state index is 13.5. The summed E-state index contributed by atoms with van der Waals surface area (Å²) in [5.74, 6) is 0.417. The summed E-state index contributed by atoms with van der Waals surface area (Å²) in [6, 6.07) is 15.8. The van der Waals surface area contributed by atoms with Crippen LogP contribution in [0.4, 0.5) is 0 Å². The van der Waals surface area contributed by atoms with Gasteiger partial charge in [-0.15, -0.1) is 0 Å². The molecule has 2 aliphatic heterocycles. The van der Waals surface area contributed by atoms with Crippen LogP contribution in [0.5, 0.6) is 0 Å². The Morgan fingerprint density at radius 3 is 2.53 bits per heavy atom. The zero-order chi connectivity index (χ0) is 21.0. The van der Waals surface area contributed by atoms with Crippen molar-refractivity contribution in [2.45, 2.75) is 39.3 Å². The van der Waals surface area contributed by atoms with Gasteiger partial charge in [0.2, 0.25) is 11.8 Å². The molecule has 154 valence electrons. The van der Waals surface area contributed by atoms with Crippen LogP contribution in [-0.4, -0.2) is 45.7 Å². The second kappa shape index (κ2) is 7.01. The van der Waals surface area contributed by atoms with Gasteiger partial charge in [0.1, 0.15) is 6.04 Å². The minimum atomic E-state index is -0.456. The molecule has 0 unspecified atom stereocenters. The Labute approximate surface area is 176 Å². The summed E-state index contributed by atoms with van der Waals surface area (Å²) in [7, 11) is 0. The van der Waals surface area contributed by atoms with E-state index in [1.165, 1.54) is 5.56 Å². The lowest BCUT2D eigenvalue weighted by atomic mass is 9.86. The molecule has 0 aliphatic carbocycles. The number of nitrogens with one attached hydrogen (secondary N) is 1. The minimum Gasteiger partial charge on any atom is -0.356 e. The molecule has 1 saturated heterocycles. The molecule has 5 heteroatoms. The van der Waals surface area contributed by atoms with Gasteiger partial charge < -0.3 is 14.8 Å². The van der Waals surface area contributed by atoms with Gasteiger partial charge >= 0.3 is 0 Å². The third kappa shape index (κ3) is 2.92. The van der Waals surface area contributed by atoms with Crippen molar-refractivity contribution >= 4 is 22.7 Å². The van der Waals surface area contributed by atoms with Crippen LogP contribution in [0.15, 0.2) is 48.5 Å². The van der Waals surface area contributed by atoms with Crippen molar-refractivity contribution in [2.75, 3.05) is 13.1 Å². The third-order valence-corrected chi connectivity index (χ3v) is 6.32. The number of aromatic amines is 1. The summed E-state index contributed by atoms with van der Waals surface area (Å²) >= 11 is 0. The van der Waals surface area contributed by atoms with Crippen LogP contribution in [0, 0.1) is 12.8 Å². The Morgan fingerprint density at radius 2 is 1.80 bits per heavy atom. The quantitative estimate of drug-likeness (QED) is 0.725. The molecule has 2 aromatic carbocycles. The lowest BCUT2D eigenvalue weighted by Crippen LogP contribution is -2.63. The number of piperazine rings is 1. The molecule has 5 nitrogen and oxygen atoms in total. The standard InChI is InChI=1S/C25H27N3O2/c1-15(2)13-27-14-22(29)28-21(25(27)30)12-19-18-6-4-5-7-20(18)26-23(19)24(28)17-10-8-16(3)9-11-17/h4-11,15,21,24,26H,12-14H2,1-3H3/t21-,24+/m0/s1. The zero-order valence-electron chi connectivity index (χ0n) is 17.7. The molecule has 2 amide bonds. The lowest BCUT2D eigenvalue weighted by Gasteiger charge is -2.47. The number of aryl methyl sites for hydroxylation is 1. The molecule has 0 radical (unpaired) electrons. The molecule has 1 N–H and O–H groups in total. The number of nitrogens with zero attached hydrogens (tertiary/aromatic N) is 2. The largest absolute Gasteiger partial charge is 0.356 e. The number of carbonyl (C=O) groups is 2. The summed E-state index contributed by atoms with van der Waals surface area (Å²) in [6.07, 6.45) is 0.556. The Kier molecular flexibility index (Phi) is 4.42. The normalized spacial score (nSPS) is 21.3. The predicted octanol–water partition coefficient (Wildman–Crippen LogP) is 3.82. The summed E-state index contributed by atoms with van der Waals surface area (Å²) in [4.78, 5) is 34.0. The maximum absolute atomic E-state index is 13.5. The molecule has 2 atom stereocenters. The van der Waals surface area contributed by atoms with Crippen LogP contribution >= 0.6 is 0 Å². The van der Waals surface area contributed by atoms with Crippen molar-refractivity contribution < 1.29 is 9.59 Å². The fourth-order valence-electron chi connectivity index (χ4n) is 5.01. The fourth-order valence-corrected chi connectivity index (χ4v) is 5.01. The van der Waals surface area contributed by atoms with Gasteiger partial charge in [0.25, 0.3) is 0 Å². The highest BCUT2D eigenvalue weighted by Crippen LogP contribution is 2.42. The Balaban J connectivity index is 1.68. The summed E-state index contributed by atoms with van der Waals surface area (Å²) < 4.78 is 0. The number of benzene rings is 2. The highest BCUT2D eigenvalue weighted by molar-refractivity contribution is 5.97. The first-order chi connectivity index (χ1) is 14.4. The monoisotopic (exact) mass is 401 g/mol. The zero-order valence-corrected chi connectivity index (χ0v) is 17.7. The van der Waals surface area contributed by atoms with Gasteiger partial charge in [-0.25, -0.2) is 0 Å². The Morgan fingerprint density at radius 1 is 1.07 bits per heavy atom. The number of amides is 2. The minimum absolute atomic E-state index is 0.0233. The average molecular weight is 402 g/mol. The van der Waals surface area contributed by atoms with E-state index < -0.39 is 6.04 Å². The number of rotatable bonds is 3. The van der Waals surface area contributed by atoms with E-state index in [0.717, 1.165) is 27.7 Å². The second-order valence-corrected chi connectivity index (χ2v) is 9.01. The van der Waals surface area contributed by atoms with Crippen molar-refractivity contribution in [3.63, 3.8) is 0 Å². The van der Waals surface area contributed by atoms with Crippen LogP contribution < -0.4 is 0 Å². The van der Waals surface area contributed by atoms with E-state index in [0.29, 0.717) is 18.9 Å². The summed E-state index contributed by atoms with van der Waals surface area (Å²) in [5.41, 5.74) is 5.46. The van der Waals surface area contributed by atoms with Crippen LogP contribution in [0.25, 0.3) is 10.9 Å². The number of hydrogen-bond donors (Lipinski definition) is 1. The van der Waals surface area contributed by atoms with Gasteiger partial charge in [-0.2, -0.15) is 0 Å². The number of fused-ring (bicyclic) bond motifs is 4. The van der Waals surface area contributed by atoms with Gasteiger partial charge in [-0.3, -0.25) is 9.59 Å². The third-order valence-electron chi connectivity index (χ3n) is 6.32. The molecule has 0 bridgehead atoms. The smallest absolute Gasteiger partial charge is 0.246 e. The molecule has 3 aromatic rings. The first kappa shape index (κ1) is 18.9. The van der Waals surface area contributed by atoms with Crippen molar-refractivity contribution in [3.8, 4) is 0 Å². The molecule has 0 saturated carbocycles. The number of para-hydroxylation sites is 1. The summed E-state index contributed by atoms with van der Waals surface area (Å²) in [6.45, 7) is 6.99. The van der Waals surface area contributed by atoms with E-state index >= 15 is 0 Å². The number of hydrogen-bond acceptors (Lipinski definition) is 2. The van der Waals surface area contributed by atoms with Crippen molar-refractivity contribution in [3.05, 3.63) is 70.9 Å². The molecule has 0 spiro atoms. The SMILES string of the molecule is Cc1ccc([C@@H]2c3[nH]c4ccccc4c3C[C@H]3C(=O)N(CC(C)C)CC(=O)N23)cc1. The summed E-state index contributed by atoms with van der Waals surface area (Å²) in [5, 5.41) is 1.14. The van der Waals surface area contributed by atoms with Gasteiger partial charge in [-0.1, -0.05) is 61.9 Å². The van der Waals surface area contributed by atoms with Crippen molar-refractivity contribution in [2.24, 2.45) is 5.92 Å². The fraction of sp³-hybridized carbons (Fsp3) is 0.360. The molecule has 5 rings (SSSR count). The maximum Gasteiger partial charge on any atom is 0.246 e. The van der Waals surface area contributed by atoms with Gasteiger partial charge in [0.15, 0.2) is 0 Å². The van der Waals surface area contributed by atoms with Crippen LogP contribution in [0.3, 0.4) is 0 Å². The molecular formula is C25H27N3O2. The first-order valence-electron chi connectivity index (χ1n) is 10.7. The van der Waals surface area contributed by atoms with Crippen molar-refractivity contribution in [1.29, 1.82) is 0 Å². The van der Waals surface area contributed by atoms with Crippen molar-refractivity contribution in [1.82, 2.24) is 14.8 Å². The number of aromatic nitrogens is 1. The molecule has 1 fully saturated rings. The second-order valence-electron chi connectivity index (χ2n) is 9.01. The lowest BCUT2D eigenvalue weighted by molar-refractivity contribution is -0.159. The molecular weight excluding hydrogens is 374 g/mol. The van der Waals surface area contributed by atoms with E-state index in [4.69, 9.17) is 0 Å². The average Bonchev–Trinajstić information content (AvgIpc) is 3.09. The van der Waals surface area contributed by atoms with Crippen LogP contribution in [-0.2, 0) is 16.0 Å². The van der Waals surface area contributed by atoms with E-state index in [1.54, 1.807) is 4.90 Å².